The summed E-state index contributed by atoms with van der Waals surface area (Å²) >= 11 is 0. The molecule has 12 nitrogen and oxygen atoms in total. The number of carbonyl (C=O) groups excluding carboxylic acids is 1. The molecule has 3 aromatic rings. The van der Waals surface area contributed by atoms with Crippen molar-refractivity contribution in [3.63, 3.8) is 0 Å². The summed E-state index contributed by atoms with van der Waals surface area (Å²) in [5.41, 5.74) is 0.912. The molecule has 1 saturated heterocycles. The molecule has 4 rings (SSSR count). The monoisotopic (exact) mass is 497 g/mol. The second kappa shape index (κ2) is 11.0. The van der Waals surface area contributed by atoms with E-state index in [4.69, 9.17) is 18.7 Å². The van der Waals surface area contributed by atoms with Crippen LogP contribution in [0.1, 0.15) is 18.7 Å². The molecule has 1 fully saturated rings. The number of benzene rings is 2. The number of nitrogens with one attached hydrogen (secondary N) is 1. The zero-order chi connectivity index (χ0) is 25.7. The van der Waals surface area contributed by atoms with Gasteiger partial charge in [-0.2, -0.15) is 4.98 Å². The maximum atomic E-state index is 12.8. The Hall–Kier alpha value is -4.19. The average molecular weight is 498 g/mol. The molecule has 36 heavy (non-hydrogen) atoms. The maximum absolute atomic E-state index is 12.8. The number of non-ortho nitro benzene ring substituents is 1. The highest BCUT2D eigenvalue weighted by molar-refractivity contribution is 5.94. The summed E-state index contributed by atoms with van der Waals surface area (Å²) in [6.07, 6.45) is 1.25. The molecule has 12 heteroatoms. The Balaban J connectivity index is 1.33. The molecule has 0 aliphatic carbocycles. The van der Waals surface area contributed by atoms with Crippen LogP contribution >= 0.6 is 0 Å². The second-order valence-electron chi connectivity index (χ2n) is 8.26. The highest BCUT2D eigenvalue weighted by Gasteiger charge is 2.27. The summed E-state index contributed by atoms with van der Waals surface area (Å²) in [4.78, 5) is 30.0. The third-order valence-corrected chi connectivity index (χ3v) is 6.08. The number of nitrogens with zero attached hydrogens (tertiary/aromatic N) is 4. The highest BCUT2D eigenvalue weighted by Crippen LogP contribution is 2.32. The molecule has 0 atom stereocenters. The Kier molecular flexibility index (Phi) is 7.64. The minimum Gasteiger partial charge on any atom is -0.495 e. The minimum absolute atomic E-state index is 0.118. The van der Waals surface area contributed by atoms with Crippen molar-refractivity contribution in [3.05, 3.63) is 52.4 Å². The van der Waals surface area contributed by atoms with Gasteiger partial charge in [-0.25, -0.2) is 0 Å². The van der Waals surface area contributed by atoms with Crippen molar-refractivity contribution in [1.29, 1.82) is 0 Å². The number of aromatic nitrogens is 2. The smallest absolute Gasteiger partial charge is 0.271 e. The van der Waals surface area contributed by atoms with Gasteiger partial charge in [0.1, 0.15) is 5.75 Å². The third kappa shape index (κ3) is 5.54. The Morgan fingerprint density at radius 1 is 1.08 bits per heavy atom. The molecule has 0 bridgehead atoms. The largest absolute Gasteiger partial charge is 0.495 e. The molecule has 1 amide bonds. The average Bonchev–Trinajstić information content (AvgIpc) is 3.37. The SMILES string of the molecule is COc1ccc([N+](=O)[O-])cc1NC(=O)C1CCN(Cc2nc(-c3ccc(OC)c(OC)c3)no2)CC1. The highest BCUT2D eigenvalue weighted by atomic mass is 16.6. The van der Waals surface area contributed by atoms with E-state index in [1.807, 2.05) is 6.07 Å². The second-order valence-corrected chi connectivity index (χ2v) is 8.26. The fourth-order valence-corrected chi connectivity index (χ4v) is 4.10. The number of piperidine rings is 1. The molecule has 0 saturated carbocycles. The minimum atomic E-state index is -0.512. The lowest BCUT2D eigenvalue weighted by Crippen LogP contribution is -2.37. The van der Waals surface area contributed by atoms with E-state index in [2.05, 4.69) is 20.4 Å². The lowest BCUT2D eigenvalue weighted by atomic mass is 9.95. The molecule has 0 unspecified atom stereocenters. The zero-order valence-corrected chi connectivity index (χ0v) is 20.2. The van der Waals surface area contributed by atoms with Crippen LogP contribution in [0.5, 0.6) is 17.2 Å². The molecule has 190 valence electrons. The summed E-state index contributed by atoms with van der Waals surface area (Å²) in [6.45, 7) is 1.80. The Morgan fingerprint density at radius 3 is 2.44 bits per heavy atom. The van der Waals surface area contributed by atoms with Crippen LogP contribution in [0.15, 0.2) is 40.9 Å². The number of nitro groups is 1. The number of ether oxygens (including phenoxy) is 3. The van der Waals surface area contributed by atoms with Crippen LogP contribution in [-0.2, 0) is 11.3 Å². The molecule has 2 aromatic carbocycles. The van der Waals surface area contributed by atoms with Gasteiger partial charge in [0.2, 0.25) is 17.6 Å². The lowest BCUT2D eigenvalue weighted by Gasteiger charge is -2.30. The van der Waals surface area contributed by atoms with Crippen molar-refractivity contribution in [3.8, 4) is 28.6 Å². The summed E-state index contributed by atoms with van der Waals surface area (Å²) in [5.74, 6) is 2.06. The lowest BCUT2D eigenvalue weighted by molar-refractivity contribution is -0.384. The first-order valence-corrected chi connectivity index (χ1v) is 11.3. The van der Waals surface area contributed by atoms with Crippen LogP contribution in [0.3, 0.4) is 0 Å². The molecule has 2 heterocycles. The molecule has 0 spiro atoms. The van der Waals surface area contributed by atoms with Gasteiger partial charge in [-0.3, -0.25) is 19.8 Å². The van der Waals surface area contributed by atoms with E-state index in [1.165, 1.54) is 25.3 Å². The number of hydrogen-bond acceptors (Lipinski definition) is 10. The Bertz CT molecular complexity index is 1240. The summed E-state index contributed by atoms with van der Waals surface area (Å²) < 4.78 is 21.3. The maximum Gasteiger partial charge on any atom is 0.271 e. The van der Waals surface area contributed by atoms with E-state index in [-0.39, 0.29) is 23.2 Å². The van der Waals surface area contributed by atoms with Gasteiger partial charge in [0, 0.05) is 23.6 Å². The van der Waals surface area contributed by atoms with Gasteiger partial charge in [-0.15, -0.1) is 0 Å². The predicted molar refractivity (Wildman–Crippen MR) is 129 cm³/mol. The first kappa shape index (κ1) is 24.9. The Morgan fingerprint density at radius 2 is 1.78 bits per heavy atom. The number of anilines is 1. The van der Waals surface area contributed by atoms with Crippen molar-refractivity contribution < 1.29 is 28.5 Å². The van der Waals surface area contributed by atoms with E-state index in [0.717, 1.165) is 5.56 Å². The van der Waals surface area contributed by atoms with Crippen molar-refractivity contribution in [1.82, 2.24) is 15.0 Å². The van der Waals surface area contributed by atoms with Gasteiger partial charge >= 0.3 is 0 Å². The van der Waals surface area contributed by atoms with Crippen LogP contribution in [0.25, 0.3) is 11.4 Å². The molecular formula is C24H27N5O7. The number of amides is 1. The van der Waals surface area contributed by atoms with Crippen LogP contribution in [-0.4, -0.2) is 60.3 Å². The third-order valence-electron chi connectivity index (χ3n) is 6.08. The molecular weight excluding hydrogens is 470 g/mol. The quantitative estimate of drug-likeness (QED) is 0.345. The van der Waals surface area contributed by atoms with Crippen molar-refractivity contribution in [2.24, 2.45) is 5.92 Å². The normalized spacial score (nSPS) is 14.3. The van der Waals surface area contributed by atoms with Crippen LogP contribution < -0.4 is 19.5 Å². The molecule has 1 N–H and O–H groups in total. The fourth-order valence-electron chi connectivity index (χ4n) is 4.10. The first-order chi connectivity index (χ1) is 17.4. The Labute approximate surface area is 207 Å². The van der Waals surface area contributed by atoms with E-state index in [1.54, 1.807) is 26.4 Å². The summed E-state index contributed by atoms with van der Waals surface area (Å²) in [5, 5.41) is 17.9. The van der Waals surface area contributed by atoms with Crippen LogP contribution in [0.4, 0.5) is 11.4 Å². The molecule has 1 aliphatic rings. The van der Waals surface area contributed by atoms with E-state index < -0.39 is 4.92 Å². The standard InChI is InChI=1S/C24H27N5O7/c1-33-19-7-5-17(29(31)32)13-18(19)25-24(30)15-8-10-28(11-9-15)14-22-26-23(27-36-22)16-4-6-20(34-2)21(12-16)35-3/h4-7,12-13,15H,8-11,14H2,1-3H3,(H,25,30). The van der Waals surface area contributed by atoms with Gasteiger partial charge in [-0.1, -0.05) is 5.16 Å². The van der Waals surface area contributed by atoms with Crippen molar-refractivity contribution >= 4 is 17.3 Å². The van der Waals surface area contributed by atoms with Gasteiger partial charge in [0.15, 0.2) is 11.5 Å². The fraction of sp³-hybridized carbons (Fsp3) is 0.375. The van der Waals surface area contributed by atoms with Crippen LogP contribution in [0.2, 0.25) is 0 Å². The number of nitro benzene ring substituents is 1. The first-order valence-electron chi connectivity index (χ1n) is 11.3. The number of rotatable bonds is 9. The zero-order valence-electron chi connectivity index (χ0n) is 20.2. The van der Waals surface area contributed by atoms with E-state index in [9.17, 15) is 14.9 Å². The van der Waals surface area contributed by atoms with Crippen molar-refractivity contribution in [2.75, 3.05) is 39.7 Å². The topological polar surface area (TPSA) is 142 Å². The van der Waals surface area contributed by atoms with Gasteiger partial charge < -0.3 is 24.1 Å². The van der Waals surface area contributed by atoms with E-state index >= 15 is 0 Å². The molecule has 0 radical (unpaired) electrons. The van der Waals surface area contributed by atoms with Crippen molar-refractivity contribution in [2.45, 2.75) is 19.4 Å². The molecule has 1 aliphatic heterocycles. The van der Waals surface area contributed by atoms with Crippen LogP contribution in [0, 0.1) is 16.0 Å². The van der Waals surface area contributed by atoms with Gasteiger partial charge in [0.05, 0.1) is 38.5 Å². The predicted octanol–water partition coefficient (Wildman–Crippen LogP) is 3.52. The van der Waals surface area contributed by atoms with Gasteiger partial charge in [-0.05, 0) is 50.2 Å². The summed E-state index contributed by atoms with van der Waals surface area (Å²) in [6, 6.07) is 9.50. The number of likely N-dealkylation sites (tertiary alicyclic amines) is 1. The summed E-state index contributed by atoms with van der Waals surface area (Å²) in [7, 11) is 4.58. The molecule has 1 aromatic heterocycles. The number of methoxy groups -OCH3 is 3. The van der Waals surface area contributed by atoms with Gasteiger partial charge in [0.25, 0.3) is 5.69 Å². The number of hydrogen-bond donors (Lipinski definition) is 1. The van der Waals surface area contributed by atoms with E-state index in [0.29, 0.717) is 61.4 Å². The number of carbonyl (C=O) groups is 1.